The molecule has 16 heavy (non-hydrogen) atoms. The summed E-state index contributed by atoms with van der Waals surface area (Å²) in [6, 6.07) is -0.675. The molecule has 1 unspecified atom stereocenters. The zero-order chi connectivity index (χ0) is 11.1. The van der Waals surface area contributed by atoms with E-state index in [1.807, 2.05) is 0 Å². The second-order valence-electron chi connectivity index (χ2n) is 4.52. The molecule has 1 atom stereocenters. The topological polar surface area (TPSA) is 29.9 Å². The predicted octanol–water partition coefficient (Wildman–Crippen LogP) is 2.38. The van der Waals surface area contributed by atoms with Crippen LogP contribution in [0.3, 0.4) is 0 Å². The van der Waals surface area contributed by atoms with Gasteiger partial charge in [-0.05, 0) is 32.1 Å². The minimum atomic E-state index is -2.29. The van der Waals surface area contributed by atoms with Crippen molar-refractivity contribution in [3.8, 4) is 0 Å². The maximum Gasteiger partial charge on any atom is 0.259 e. The predicted molar refractivity (Wildman–Crippen MR) is 57.0 cm³/mol. The van der Waals surface area contributed by atoms with E-state index in [4.69, 9.17) is 0 Å². The third kappa shape index (κ3) is 1.41. The number of rotatable bonds is 1. The van der Waals surface area contributed by atoms with Gasteiger partial charge in [-0.15, -0.1) is 0 Å². The van der Waals surface area contributed by atoms with Crippen molar-refractivity contribution in [1.82, 2.24) is 9.55 Å². The summed E-state index contributed by atoms with van der Waals surface area (Å²) in [6.07, 6.45) is 2.26. The van der Waals surface area contributed by atoms with Crippen LogP contribution in [0.1, 0.15) is 36.7 Å². The van der Waals surface area contributed by atoms with Gasteiger partial charge in [0.2, 0.25) is 5.95 Å². The number of imidazole rings is 1. The van der Waals surface area contributed by atoms with Gasteiger partial charge < -0.3 is 9.88 Å². The van der Waals surface area contributed by atoms with Crippen molar-refractivity contribution in [2.24, 2.45) is 0 Å². The zero-order valence-corrected chi connectivity index (χ0v) is 9.05. The van der Waals surface area contributed by atoms with Crippen molar-refractivity contribution in [2.45, 2.75) is 44.6 Å². The molecule has 0 amide bonds. The number of nitrogens with zero attached hydrogens (tertiary/aromatic N) is 2. The van der Waals surface area contributed by atoms with E-state index in [-0.39, 0.29) is 0 Å². The van der Waals surface area contributed by atoms with Gasteiger partial charge in [0.15, 0.2) is 0 Å². The van der Waals surface area contributed by atoms with Crippen LogP contribution >= 0.6 is 0 Å². The quantitative estimate of drug-likeness (QED) is 0.798. The molecular weight excluding hydrogens is 212 g/mol. The van der Waals surface area contributed by atoms with Gasteiger partial charge in [0.05, 0.1) is 11.7 Å². The second-order valence-corrected chi connectivity index (χ2v) is 4.52. The van der Waals surface area contributed by atoms with Crippen LogP contribution in [0.25, 0.3) is 0 Å². The third-order valence-corrected chi connectivity index (χ3v) is 3.52. The van der Waals surface area contributed by atoms with Gasteiger partial charge in [-0.3, -0.25) is 0 Å². The van der Waals surface area contributed by atoms with Crippen LogP contribution in [0.2, 0.25) is 0 Å². The summed E-state index contributed by atoms with van der Waals surface area (Å²) in [4.78, 5) is 4.44. The van der Waals surface area contributed by atoms with Crippen molar-refractivity contribution in [3.63, 3.8) is 0 Å². The van der Waals surface area contributed by atoms with Crippen molar-refractivity contribution in [1.29, 1.82) is 0 Å². The molecule has 0 saturated carbocycles. The first kappa shape index (κ1) is 10.1. The van der Waals surface area contributed by atoms with Crippen LogP contribution in [-0.4, -0.2) is 22.5 Å². The van der Waals surface area contributed by atoms with E-state index in [0.29, 0.717) is 18.9 Å². The number of hydrogen-bond acceptors (Lipinski definition) is 2. The van der Waals surface area contributed by atoms with E-state index in [2.05, 4.69) is 10.3 Å². The van der Waals surface area contributed by atoms with E-state index in [0.717, 1.165) is 37.1 Å². The largest absolute Gasteiger partial charge is 0.356 e. The van der Waals surface area contributed by atoms with Gasteiger partial charge >= 0.3 is 0 Å². The van der Waals surface area contributed by atoms with Crippen LogP contribution in [0.4, 0.5) is 14.7 Å². The first-order chi connectivity index (χ1) is 7.77. The second kappa shape index (κ2) is 3.71. The fourth-order valence-corrected chi connectivity index (χ4v) is 2.74. The Morgan fingerprint density at radius 3 is 2.94 bits per heavy atom. The van der Waals surface area contributed by atoms with Crippen molar-refractivity contribution < 1.29 is 8.78 Å². The molecule has 0 radical (unpaired) electrons. The molecule has 0 saturated heterocycles. The van der Waals surface area contributed by atoms with Gasteiger partial charge in [0, 0.05) is 12.2 Å². The average molecular weight is 227 g/mol. The Morgan fingerprint density at radius 2 is 2.12 bits per heavy atom. The number of halogens is 2. The molecule has 88 valence electrons. The van der Waals surface area contributed by atoms with Crippen LogP contribution in [-0.2, 0) is 12.8 Å². The Balaban J connectivity index is 2.07. The van der Waals surface area contributed by atoms with Crippen molar-refractivity contribution in [2.75, 3.05) is 11.9 Å². The van der Waals surface area contributed by atoms with Gasteiger partial charge in [-0.1, -0.05) is 0 Å². The molecule has 1 aromatic heterocycles. The molecule has 2 aliphatic rings. The monoisotopic (exact) mass is 227 g/mol. The molecule has 1 aliphatic carbocycles. The Morgan fingerprint density at radius 1 is 1.31 bits per heavy atom. The molecule has 1 N–H and O–H groups in total. The van der Waals surface area contributed by atoms with E-state index in [1.165, 1.54) is 0 Å². The van der Waals surface area contributed by atoms with Crippen LogP contribution < -0.4 is 5.32 Å². The Kier molecular flexibility index (Phi) is 2.33. The Bertz CT molecular complexity index is 400. The van der Waals surface area contributed by atoms with Gasteiger partial charge in [0.1, 0.15) is 0 Å². The minimum absolute atomic E-state index is 0.494. The lowest BCUT2D eigenvalue weighted by atomic mass is 10.0. The summed E-state index contributed by atoms with van der Waals surface area (Å²) in [5, 5.41) is 3.12. The van der Waals surface area contributed by atoms with Gasteiger partial charge in [-0.2, -0.15) is 0 Å². The Hall–Kier alpha value is -1.13. The number of fused-ring (bicyclic) bond motifs is 3. The van der Waals surface area contributed by atoms with Crippen molar-refractivity contribution >= 4 is 5.95 Å². The van der Waals surface area contributed by atoms with E-state index < -0.39 is 12.5 Å². The molecular formula is C11H15F2N3. The fourth-order valence-electron chi connectivity index (χ4n) is 2.74. The first-order valence-corrected chi connectivity index (χ1v) is 5.89. The maximum atomic E-state index is 13.0. The molecule has 0 fully saturated rings. The fraction of sp³-hybridized carbons (Fsp3) is 0.727. The number of hydrogen-bond donors (Lipinski definition) is 1. The van der Waals surface area contributed by atoms with Crippen LogP contribution in [0, 0.1) is 0 Å². The highest BCUT2D eigenvalue weighted by molar-refractivity contribution is 5.38. The summed E-state index contributed by atoms with van der Waals surface area (Å²) in [7, 11) is 0. The van der Waals surface area contributed by atoms with E-state index in [1.54, 1.807) is 4.57 Å². The molecule has 0 aromatic carbocycles. The van der Waals surface area contributed by atoms with Crippen LogP contribution in [0.5, 0.6) is 0 Å². The normalized spacial score (nSPS) is 23.8. The number of nitrogens with one attached hydrogen (secondary N) is 1. The number of aromatic nitrogens is 2. The molecule has 1 aromatic rings. The van der Waals surface area contributed by atoms with Gasteiger partial charge in [-0.25, -0.2) is 13.8 Å². The highest BCUT2D eigenvalue weighted by atomic mass is 19.3. The zero-order valence-electron chi connectivity index (χ0n) is 9.05. The highest BCUT2D eigenvalue weighted by Crippen LogP contribution is 2.34. The number of aryl methyl sites for hydroxylation is 1. The molecule has 3 nitrogen and oxygen atoms in total. The molecule has 1 aliphatic heterocycles. The van der Waals surface area contributed by atoms with Crippen LogP contribution in [0.15, 0.2) is 0 Å². The average Bonchev–Trinajstić information content (AvgIpc) is 2.66. The van der Waals surface area contributed by atoms with E-state index in [9.17, 15) is 8.78 Å². The number of anilines is 1. The molecule has 0 bridgehead atoms. The third-order valence-electron chi connectivity index (χ3n) is 3.52. The SMILES string of the molecule is FC(F)C1CCNc2nc3c(n21)CCCC3. The highest BCUT2D eigenvalue weighted by Gasteiger charge is 2.32. The Labute approximate surface area is 92.9 Å². The lowest BCUT2D eigenvalue weighted by Gasteiger charge is -2.27. The molecule has 5 heteroatoms. The molecule has 2 heterocycles. The summed E-state index contributed by atoms with van der Waals surface area (Å²) in [5.41, 5.74) is 2.07. The maximum absolute atomic E-state index is 13.0. The van der Waals surface area contributed by atoms with Crippen molar-refractivity contribution in [3.05, 3.63) is 11.4 Å². The smallest absolute Gasteiger partial charge is 0.259 e. The lowest BCUT2D eigenvalue weighted by molar-refractivity contribution is 0.0762. The summed E-state index contributed by atoms with van der Waals surface area (Å²) in [5.74, 6) is 0.656. The minimum Gasteiger partial charge on any atom is -0.356 e. The van der Waals surface area contributed by atoms with Gasteiger partial charge in [0.25, 0.3) is 6.43 Å². The standard InChI is InChI=1S/C11H15F2N3/c12-10(13)9-5-6-14-11-15-7-3-1-2-4-8(7)16(9)11/h9-10H,1-6H2,(H,14,15). The number of alkyl halides is 2. The van der Waals surface area contributed by atoms with E-state index >= 15 is 0 Å². The first-order valence-electron chi connectivity index (χ1n) is 5.89. The summed E-state index contributed by atoms with van der Waals surface area (Å²) < 4.78 is 27.7. The lowest BCUT2D eigenvalue weighted by Crippen LogP contribution is -2.29. The summed E-state index contributed by atoms with van der Waals surface area (Å²) in [6.45, 7) is 0.602. The molecule has 0 spiro atoms. The molecule has 3 rings (SSSR count). The summed E-state index contributed by atoms with van der Waals surface area (Å²) >= 11 is 0.